The maximum Gasteiger partial charge on any atom is 0.0470 e. The van der Waals surface area contributed by atoms with Gasteiger partial charge < -0.3 is 0 Å². The standard InChI is InChI=1S/2C15H23.2C6H15Si.GeS2.Sn/c2*1-10(2)13-7-14(11(3)4)9-15(8-13)12(5)6;2*1-6(2,3)7(4)5;2-1-3;/h2*7-8,10-12H,1-6H3;2*1-5H3;;/q;;;;-2;+2. The van der Waals surface area contributed by atoms with Gasteiger partial charge in [0.15, 0.2) is 0 Å². The van der Waals surface area contributed by atoms with E-state index in [2.05, 4.69) is 190 Å². The summed E-state index contributed by atoms with van der Waals surface area (Å²) >= 11 is -2.91. The van der Waals surface area contributed by atoms with Gasteiger partial charge in [-0.1, -0.05) is 67.7 Å². The summed E-state index contributed by atoms with van der Waals surface area (Å²) in [6.07, 6.45) is 0. The summed E-state index contributed by atoms with van der Waals surface area (Å²) in [5, 5.41) is 1.20. The Morgan fingerprint density at radius 3 is 0.771 bits per heavy atom. The van der Waals surface area contributed by atoms with Crippen molar-refractivity contribution >= 4 is 68.1 Å². The summed E-state index contributed by atoms with van der Waals surface area (Å²) in [5.41, 5.74) is 9.77. The Hall–Kier alpha value is 0.915. The van der Waals surface area contributed by atoms with Crippen LogP contribution in [-0.4, -0.2) is 46.4 Å². The molecule has 0 saturated carbocycles. The van der Waals surface area contributed by atoms with E-state index in [0.29, 0.717) is 45.6 Å². The predicted octanol–water partition coefficient (Wildman–Crippen LogP) is 14.1. The fourth-order valence-electron chi connectivity index (χ4n) is 5.13. The van der Waals surface area contributed by atoms with Gasteiger partial charge in [-0.15, -0.1) is 0 Å². The average Bonchev–Trinajstić information content (AvgIpc) is 2.91. The van der Waals surface area contributed by atoms with E-state index >= 15 is 0 Å². The molecule has 48 heavy (non-hydrogen) atoms. The van der Waals surface area contributed by atoms with Crippen molar-refractivity contribution in [2.75, 3.05) is 0 Å². The van der Waals surface area contributed by atoms with Crippen LogP contribution in [0.15, 0.2) is 24.3 Å². The number of hydrogen-bond donors (Lipinski definition) is 0. The Labute approximate surface area is 319 Å². The van der Waals surface area contributed by atoms with Gasteiger partial charge >= 0.3 is 227 Å². The zero-order chi connectivity index (χ0) is 37.7. The van der Waals surface area contributed by atoms with Gasteiger partial charge in [0.25, 0.3) is 0 Å². The topological polar surface area (TPSA) is 0 Å². The molecule has 6 heteroatoms. The molecule has 0 aromatic heterocycles. The molecule has 0 bridgehead atoms. The minimum absolute atomic E-state index is 0.0502. The third-order valence-corrected chi connectivity index (χ3v) is 102. The van der Waals surface area contributed by atoms with Crippen LogP contribution in [0.5, 0.6) is 0 Å². The van der Waals surface area contributed by atoms with Crippen LogP contribution in [0, 0.1) is 0 Å². The van der Waals surface area contributed by atoms with Gasteiger partial charge in [-0.2, -0.15) is 0 Å². The van der Waals surface area contributed by atoms with Crippen LogP contribution in [0.25, 0.3) is 0 Å². The van der Waals surface area contributed by atoms with E-state index in [0.717, 1.165) is 0 Å². The van der Waals surface area contributed by atoms with Crippen LogP contribution < -0.4 is 7.16 Å². The van der Waals surface area contributed by atoms with E-state index in [9.17, 15) is 0 Å². The third kappa shape index (κ3) is 12.5. The molecule has 4 radical (unpaired) electrons. The Bertz CT molecular complexity index is 1140. The quantitative estimate of drug-likeness (QED) is 0.242. The van der Waals surface area contributed by atoms with Crippen molar-refractivity contribution in [2.24, 2.45) is 0 Å². The van der Waals surface area contributed by atoms with E-state index in [1.165, 1.54) is 11.1 Å². The first kappa shape index (κ1) is 46.9. The second-order valence-electron chi connectivity index (χ2n) is 18.5. The van der Waals surface area contributed by atoms with Crippen LogP contribution in [0.4, 0.5) is 0 Å². The summed E-state index contributed by atoms with van der Waals surface area (Å²) in [6, 6.07) is 10.4. The molecule has 2 aromatic rings. The molecular weight excluding hydrogens is 816 g/mol. The molecule has 0 nitrogen and oxygen atoms in total. The molecule has 1 fully saturated rings. The van der Waals surface area contributed by atoms with Gasteiger partial charge in [0.1, 0.15) is 0 Å². The number of rotatable bonds is 8. The molecule has 0 unspecified atom stereocenters. The molecule has 3 rings (SSSR count). The van der Waals surface area contributed by atoms with Crippen LogP contribution in [0.1, 0.15) is 194 Å². The van der Waals surface area contributed by atoms with Crippen LogP contribution in [0.3, 0.4) is 0 Å². The van der Waals surface area contributed by atoms with Crippen molar-refractivity contribution < 1.29 is 0 Å². The van der Waals surface area contributed by atoms with Gasteiger partial charge in [-0.3, -0.25) is 0 Å². The van der Waals surface area contributed by atoms with E-state index in [4.69, 9.17) is 0 Å². The van der Waals surface area contributed by atoms with Crippen LogP contribution >= 0.6 is 14.5 Å². The Morgan fingerprint density at radius 2 is 0.667 bits per heavy atom. The summed E-state index contributed by atoms with van der Waals surface area (Å²) in [5.74, 6) is 3.44. The van der Waals surface area contributed by atoms with Crippen molar-refractivity contribution in [1.29, 1.82) is 0 Å². The Balaban J connectivity index is 0.000000687. The molecule has 2 aromatic carbocycles. The largest absolute Gasteiger partial charge is 0.0709 e. The molecule has 1 aliphatic heterocycles. The molecule has 1 heterocycles. The molecule has 272 valence electrons. The van der Waals surface area contributed by atoms with Crippen molar-refractivity contribution in [3.8, 4) is 0 Å². The first-order valence-corrected chi connectivity index (χ1v) is 40.4. The summed E-state index contributed by atoms with van der Waals surface area (Å²) in [7, 11) is 4.92. The van der Waals surface area contributed by atoms with Crippen molar-refractivity contribution in [2.45, 2.75) is 196 Å². The molecule has 0 N–H and O–H groups in total. The van der Waals surface area contributed by atoms with Gasteiger partial charge in [-0.05, 0) is 10.1 Å². The van der Waals surface area contributed by atoms with E-state index in [-0.39, 0.29) is 30.7 Å². The van der Waals surface area contributed by atoms with Crippen LogP contribution in [0.2, 0.25) is 36.3 Å². The number of hydrogen-bond acceptors (Lipinski definition) is 2. The van der Waals surface area contributed by atoms with Crippen molar-refractivity contribution in [1.82, 2.24) is 0 Å². The van der Waals surface area contributed by atoms with Crippen LogP contribution in [-0.2, 0) is 0 Å². The smallest absolute Gasteiger partial charge is 0.0470 e. The van der Waals surface area contributed by atoms with Gasteiger partial charge in [0.05, 0.1) is 0 Å². The van der Waals surface area contributed by atoms with Gasteiger partial charge in [0.2, 0.25) is 0 Å². The summed E-state index contributed by atoms with van der Waals surface area (Å²) in [6.45, 7) is 52.2. The molecule has 0 spiro atoms. The molecule has 1 saturated heterocycles. The monoisotopic (exact) mass is 894 g/mol. The molecule has 0 atom stereocenters. The fraction of sp³-hybridized carbons (Fsp3) is 0.714. The minimum atomic E-state index is -2.97. The third-order valence-electron chi connectivity index (χ3n) is 10.3. The second-order valence-corrected chi connectivity index (χ2v) is 66.8. The first-order chi connectivity index (χ1) is 21.7. The van der Waals surface area contributed by atoms with Gasteiger partial charge in [-0.25, -0.2) is 0 Å². The number of benzene rings is 2. The molecular formula is C42H76GeS2Si2Sn. The minimum Gasteiger partial charge on any atom is -0.0709 e. The normalized spacial score (nSPS) is 15.0. The molecule has 0 amide bonds. The zero-order valence-corrected chi connectivity index (χ0v) is 44.2. The maximum atomic E-state index is 2.61. The van der Waals surface area contributed by atoms with E-state index < -0.39 is 15.6 Å². The predicted molar refractivity (Wildman–Crippen MR) is 238 cm³/mol. The molecule has 1 aliphatic rings. The van der Waals surface area contributed by atoms with E-state index in [1.54, 1.807) is 22.3 Å². The summed E-state index contributed by atoms with van der Waals surface area (Å²) in [4.78, 5) is 0. The van der Waals surface area contributed by atoms with Gasteiger partial charge in [0, 0.05) is 17.6 Å². The fourth-order valence-corrected chi connectivity index (χ4v) is 80.9. The van der Waals surface area contributed by atoms with Crippen molar-refractivity contribution in [3.05, 3.63) is 57.6 Å². The summed E-state index contributed by atoms with van der Waals surface area (Å²) < 4.78 is 3.71. The SMILES string of the molecule is CC(C)c1cc(C(C)C)[c]([Sn]2([c]3c(C(C)C)cc(C(C)C)cc3C(C)C)[S][Ge][S]2)c(C(C)C)c1.C[Si](C)C(C)(C)C.C[Si](C)C(C)(C)C. The zero-order valence-electron chi connectivity index (χ0n) is 35.6. The maximum absolute atomic E-state index is 2.97. The van der Waals surface area contributed by atoms with E-state index in [1.807, 2.05) is 7.16 Å². The first-order valence-electron chi connectivity index (χ1n) is 18.8. The molecule has 0 aliphatic carbocycles. The second kappa shape index (κ2) is 19.3. The average molecular weight is 893 g/mol. The van der Waals surface area contributed by atoms with Crippen molar-refractivity contribution in [3.63, 3.8) is 0 Å². The Morgan fingerprint density at radius 1 is 0.458 bits per heavy atom. The Kier molecular flexibility index (Phi) is 18.9.